The van der Waals surface area contributed by atoms with E-state index >= 15 is 0 Å². The number of halogens is 2. The van der Waals surface area contributed by atoms with Gasteiger partial charge in [-0.25, -0.2) is 0 Å². The van der Waals surface area contributed by atoms with E-state index < -0.39 is 5.54 Å². The zero-order valence-corrected chi connectivity index (χ0v) is 14.5. The highest BCUT2D eigenvalue weighted by Gasteiger charge is 2.42. The molecule has 2 N–H and O–H groups in total. The lowest BCUT2D eigenvalue weighted by Gasteiger charge is -2.36. The van der Waals surface area contributed by atoms with Gasteiger partial charge in [0, 0.05) is 23.1 Å². The van der Waals surface area contributed by atoms with Crippen LogP contribution in [0.3, 0.4) is 0 Å². The highest BCUT2D eigenvalue weighted by molar-refractivity contribution is 6.31. The first-order chi connectivity index (χ1) is 10.6. The molecule has 0 saturated carbocycles. The summed E-state index contributed by atoms with van der Waals surface area (Å²) in [5, 5.41) is 11.3. The van der Waals surface area contributed by atoms with Gasteiger partial charge < -0.3 is 10.6 Å². The summed E-state index contributed by atoms with van der Waals surface area (Å²) in [7, 11) is 0. The van der Waals surface area contributed by atoms with Gasteiger partial charge in [0.2, 0.25) is 0 Å². The van der Waals surface area contributed by atoms with Crippen molar-refractivity contribution in [1.29, 1.82) is 0 Å². The van der Waals surface area contributed by atoms with Crippen molar-refractivity contribution in [3.8, 4) is 0 Å². The van der Waals surface area contributed by atoms with Gasteiger partial charge in [-0.2, -0.15) is 5.10 Å². The largest absolute Gasteiger partial charge is 0.324 e. The number of rotatable bonds is 3. The van der Waals surface area contributed by atoms with E-state index in [9.17, 15) is 4.79 Å². The maximum Gasteiger partial charge on any atom is 0.252 e. The maximum absolute atomic E-state index is 13.0. The summed E-state index contributed by atoms with van der Waals surface area (Å²) in [4.78, 5) is 13.0. The lowest BCUT2D eigenvalue weighted by atomic mass is 9.87. The van der Waals surface area contributed by atoms with Crippen molar-refractivity contribution in [3.63, 3.8) is 0 Å². The van der Waals surface area contributed by atoms with Gasteiger partial charge in [0.15, 0.2) is 0 Å². The van der Waals surface area contributed by atoms with Crippen molar-refractivity contribution in [3.05, 3.63) is 47.2 Å². The van der Waals surface area contributed by atoms with Gasteiger partial charge in [0.25, 0.3) is 5.91 Å². The summed E-state index contributed by atoms with van der Waals surface area (Å²) >= 11 is 6.04. The van der Waals surface area contributed by atoms with Crippen LogP contribution in [0.2, 0.25) is 5.02 Å². The molecule has 2 heterocycles. The predicted octanol–water partition coefficient (Wildman–Crippen LogP) is 2.98. The van der Waals surface area contributed by atoms with Crippen LogP contribution in [0.4, 0.5) is 5.69 Å². The summed E-state index contributed by atoms with van der Waals surface area (Å²) in [6, 6.07) is 7.36. The van der Waals surface area contributed by atoms with Crippen molar-refractivity contribution < 1.29 is 4.79 Å². The second-order valence-electron chi connectivity index (χ2n) is 5.65. The fourth-order valence-corrected chi connectivity index (χ4v) is 3.06. The van der Waals surface area contributed by atoms with Crippen LogP contribution in [0.5, 0.6) is 0 Å². The zero-order chi connectivity index (χ0) is 15.6. The van der Waals surface area contributed by atoms with Crippen molar-refractivity contribution in [2.45, 2.75) is 25.3 Å². The number of nitrogens with zero attached hydrogens (tertiary/aromatic N) is 2. The molecule has 1 aromatic carbocycles. The van der Waals surface area contributed by atoms with Crippen LogP contribution in [0.15, 0.2) is 36.7 Å². The van der Waals surface area contributed by atoms with Gasteiger partial charge in [-0.15, -0.1) is 12.4 Å². The van der Waals surface area contributed by atoms with E-state index in [4.69, 9.17) is 11.6 Å². The molecular formula is C16H20Cl2N4O. The van der Waals surface area contributed by atoms with Gasteiger partial charge in [0.05, 0.1) is 0 Å². The fourth-order valence-electron chi connectivity index (χ4n) is 2.89. The molecule has 1 aliphatic heterocycles. The monoisotopic (exact) mass is 354 g/mol. The maximum atomic E-state index is 13.0. The van der Waals surface area contributed by atoms with Crippen LogP contribution in [-0.2, 0) is 10.3 Å². The van der Waals surface area contributed by atoms with Crippen LogP contribution in [0.1, 0.15) is 18.4 Å². The van der Waals surface area contributed by atoms with Crippen molar-refractivity contribution >= 4 is 35.6 Å². The Labute approximate surface area is 146 Å². The Hall–Kier alpha value is -1.56. The number of amides is 1. The van der Waals surface area contributed by atoms with Gasteiger partial charge in [-0.1, -0.05) is 17.7 Å². The van der Waals surface area contributed by atoms with Crippen LogP contribution in [-0.4, -0.2) is 28.8 Å². The van der Waals surface area contributed by atoms with Crippen molar-refractivity contribution in [2.75, 3.05) is 18.4 Å². The van der Waals surface area contributed by atoms with Gasteiger partial charge in [-0.05, 0) is 56.6 Å². The molecule has 0 unspecified atom stereocenters. The van der Waals surface area contributed by atoms with Crippen LogP contribution in [0, 0.1) is 6.92 Å². The molecule has 124 valence electrons. The van der Waals surface area contributed by atoms with E-state index in [0.717, 1.165) is 24.3 Å². The van der Waals surface area contributed by atoms with Gasteiger partial charge >= 0.3 is 0 Å². The SMILES string of the molecule is Cc1ccc(Cl)cc1NC(=O)C1(n2cccn2)CCNCC1.Cl. The Morgan fingerprint density at radius 2 is 2.13 bits per heavy atom. The number of benzene rings is 1. The average Bonchev–Trinajstić information content (AvgIpc) is 3.06. The molecule has 23 heavy (non-hydrogen) atoms. The minimum absolute atomic E-state index is 0. The van der Waals surface area contributed by atoms with Crippen molar-refractivity contribution in [1.82, 2.24) is 15.1 Å². The molecule has 1 amide bonds. The first kappa shape index (κ1) is 17.8. The van der Waals surface area contributed by atoms with Gasteiger partial charge in [0.1, 0.15) is 5.54 Å². The van der Waals surface area contributed by atoms with E-state index in [2.05, 4.69) is 15.7 Å². The number of anilines is 1. The lowest BCUT2D eigenvalue weighted by molar-refractivity contribution is -0.126. The number of piperidine rings is 1. The number of aryl methyl sites for hydroxylation is 1. The minimum Gasteiger partial charge on any atom is -0.324 e. The van der Waals surface area contributed by atoms with E-state index in [0.29, 0.717) is 17.9 Å². The first-order valence-electron chi connectivity index (χ1n) is 7.40. The minimum atomic E-state index is -0.649. The summed E-state index contributed by atoms with van der Waals surface area (Å²) in [5.41, 5.74) is 1.09. The van der Waals surface area contributed by atoms with E-state index in [-0.39, 0.29) is 18.3 Å². The number of carbonyl (C=O) groups is 1. The summed E-state index contributed by atoms with van der Waals surface area (Å²) in [6.45, 7) is 3.54. The summed E-state index contributed by atoms with van der Waals surface area (Å²) < 4.78 is 1.78. The quantitative estimate of drug-likeness (QED) is 0.890. The molecule has 1 saturated heterocycles. The Morgan fingerprint density at radius 1 is 1.39 bits per heavy atom. The van der Waals surface area contributed by atoms with Crippen LogP contribution in [0.25, 0.3) is 0 Å². The number of hydrogen-bond donors (Lipinski definition) is 2. The standard InChI is InChI=1S/C16H19ClN4O.ClH/c1-12-3-4-13(17)11-14(12)20-15(22)16(5-8-18-9-6-16)21-10-2-7-19-21;/h2-4,7,10-11,18H,5-6,8-9H2,1H3,(H,20,22);1H. The van der Waals surface area contributed by atoms with Crippen LogP contribution >= 0.6 is 24.0 Å². The zero-order valence-electron chi connectivity index (χ0n) is 12.9. The Balaban J connectivity index is 0.00000192. The smallest absolute Gasteiger partial charge is 0.252 e. The summed E-state index contributed by atoms with van der Waals surface area (Å²) in [5.74, 6) is -0.0388. The van der Waals surface area contributed by atoms with Crippen LogP contribution < -0.4 is 10.6 Å². The Morgan fingerprint density at radius 3 is 2.78 bits per heavy atom. The molecular weight excluding hydrogens is 335 g/mol. The molecule has 0 spiro atoms. The highest BCUT2D eigenvalue weighted by Crippen LogP contribution is 2.30. The molecule has 0 aliphatic carbocycles. The second kappa shape index (κ2) is 7.34. The molecule has 5 nitrogen and oxygen atoms in total. The average molecular weight is 355 g/mol. The Bertz CT molecular complexity index is 667. The molecule has 0 bridgehead atoms. The summed E-state index contributed by atoms with van der Waals surface area (Å²) in [6.07, 6.45) is 4.98. The van der Waals surface area contributed by atoms with E-state index in [1.165, 1.54) is 0 Å². The number of nitrogens with one attached hydrogen (secondary N) is 2. The lowest BCUT2D eigenvalue weighted by Crippen LogP contribution is -2.52. The number of carbonyl (C=O) groups excluding carboxylic acids is 1. The molecule has 1 fully saturated rings. The first-order valence-corrected chi connectivity index (χ1v) is 7.78. The normalized spacial score (nSPS) is 16.4. The fraction of sp³-hybridized carbons (Fsp3) is 0.375. The predicted molar refractivity (Wildman–Crippen MR) is 94.4 cm³/mol. The number of aromatic nitrogens is 2. The molecule has 2 aromatic rings. The third-order valence-corrected chi connectivity index (χ3v) is 4.48. The molecule has 0 radical (unpaired) electrons. The van der Waals surface area contributed by atoms with Gasteiger partial charge in [-0.3, -0.25) is 9.48 Å². The molecule has 1 aromatic heterocycles. The topological polar surface area (TPSA) is 59.0 Å². The Kier molecular flexibility index (Phi) is 5.68. The highest BCUT2D eigenvalue weighted by atomic mass is 35.5. The second-order valence-corrected chi connectivity index (χ2v) is 6.08. The molecule has 7 heteroatoms. The third-order valence-electron chi connectivity index (χ3n) is 4.24. The van der Waals surface area contributed by atoms with Crippen molar-refractivity contribution in [2.24, 2.45) is 0 Å². The van der Waals surface area contributed by atoms with E-state index in [1.54, 1.807) is 16.9 Å². The third kappa shape index (κ3) is 3.52. The van der Waals surface area contributed by atoms with E-state index in [1.807, 2.05) is 31.3 Å². The molecule has 3 rings (SSSR count). The molecule has 0 atom stereocenters. The molecule has 1 aliphatic rings. The number of hydrogen-bond acceptors (Lipinski definition) is 3.